The van der Waals surface area contributed by atoms with Crippen LogP contribution in [0, 0.1) is 5.92 Å². The lowest BCUT2D eigenvalue weighted by molar-refractivity contribution is -0.149. The topological polar surface area (TPSA) is 126 Å². The fraction of sp³-hybridized carbons (Fsp3) is 0.655. The van der Waals surface area contributed by atoms with Crippen LogP contribution in [0.25, 0.3) is 0 Å². The van der Waals surface area contributed by atoms with Gasteiger partial charge < -0.3 is 30.3 Å². The van der Waals surface area contributed by atoms with E-state index >= 15 is 0 Å². The van der Waals surface area contributed by atoms with Gasteiger partial charge in [0.05, 0.1) is 13.2 Å². The number of morpholine rings is 1. The predicted octanol–water partition coefficient (Wildman–Crippen LogP) is 2.55. The standard InChI is InChI=1S/C29H44N4O6/c1-2-3-18-39-28(25(34)27(36)30-15-14-22-10-6-4-7-11-22)32-26(35)24(21-23-12-8-5-9-13-23)31-29(37)33-16-19-38-20-17-33/h4,6-7,10-11,23-24,28H,2-3,5,8-9,12-21H2,1H3,(H,30,36)(H,31,37)(H,32,35)/t24-,28?/m0/s1. The Balaban J connectivity index is 1.63. The minimum Gasteiger partial charge on any atom is -0.378 e. The molecule has 2 atom stereocenters. The average Bonchev–Trinajstić information content (AvgIpc) is 2.97. The fourth-order valence-corrected chi connectivity index (χ4v) is 4.92. The number of rotatable bonds is 14. The SMILES string of the molecule is CCCCOC(NC(=O)[C@H](CC1CCCCC1)NC(=O)N1CCOCC1)C(=O)C(=O)NCCc1ccccc1. The third kappa shape index (κ3) is 10.6. The first-order valence-corrected chi connectivity index (χ1v) is 14.4. The van der Waals surface area contributed by atoms with Gasteiger partial charge in [-0.15, -0.1) is 0 Å². The van der Waals surface area contributed by atoms with E-state index in [-0.39, 0.29) is 19.2 Å². The quantitative estimate of drug-likeness (QED) is 0.188. The molecule has 0 bridgehead atoms. The van der Waals surface area contributed by atoms with E-state index in [0.717, 1.165) is 37.7 Å². The molecule has 1 aromatic carbocycles. The van der Waals surface area contributed by atoms with Crippen LogP contribution in [0.1, 0.15) is 63.9 Å². The van der Waals surface area contributed by atoms with E-state index in [9.17, 15) is 19.2 Å². The number of urea groups is 1. The number of Topliss-reactive ketones (excluding diaryl/α,β-unsaturated/α-hetero) is 1. The van der Waals surface area contributed by atoms with E-state index in [4.69, 9.17) is 9.47 Å². The number of amides is 4. The van der Waals surface area contributed by atoms with Gasteiger partial charge >= 0.3 is 6.03 Å². The molecule has 10 nitrogen and oxygen atoms in total. The number of ketones is 1. The van der Waals surface area contributed by atoms with Crippen molar-refractivity contribution >= 4 is 23.6 Å². The molecule has 0 radical (unpaired) electrons. The summed E-state index contributed by atoms with van der Waals surface area (Å²) in [7, 11) is 0. The first-order valence-electron chi connectivity index (χ1n) is 14.4. The first kappa shape index (κ1) is 30.6. The van der Waals surface area contributed by atoms with Crippen molar-refractivity contribution in [2.45, 2.75) is 77.0 Å². The average molecular weight is 545 g/mol. The van der Waals surface area contributed by atoms with Gasteiger partial charge in [-0.1, -0.05) is 75.8 Å². The lowest BCUT2D eigenvalue weighted by Crippen LogP contribution is -2.57. The summed E-state index contributed by atoms with van der Waals surface area (Å²) in [6, 6.07) is 8.47. The minimum absolute atomic E-state index is 0.220. The van der Waals surface area contributed by atoms with Crippen LogP contribution in [0.4, 0.5) is 4.79 Å². The maximum atomic E-state index is 13.5. The van der Waals surface area contributed by atoms with Gasteiger partial charge in [-0.05, 0) is 30.7 Å². The van der Waals surface area contributed by atoms with Crippen molar-refractivity contribution in [2.24, 2.45) is 5.92 Å². The Hall–Kier alpha value is -2.98. The second kappa shape index (κ2) is 16.9. The molecule has 2 aliphatic rings. The Morgan fingerprint density at radius 1 is 1.03 bits per heavy atom. The van der Waals surface area contributed by atoms with Crippen LogP contribution in [0.3, 0.4) is 0 Å². The van der Waals surface area contributed by atoms with Gasteiger partial charge in [0.2, 0.25) is 5.91 Å². The maximum Gasteiger partial charge on any atom is 0.318 e. The molecule has 216 valence electrons. The molecule has 1 saturated heterocycles. The molecule has 1 aliphatic carbocycles. The molecule has 0 aromatic heterocycles. The van der Waals surface area contributed by atoms with Crippen LogP contribution in [-0.4, -0.2) is 80.3 Å². The van der Waals surface area contributed by atoms with E-state index < -0.39 is 29.9 Å². The number of hydrogen-bond donors (Lipinski definition) is 3. The summed E-state index contributed by atoms with van der Waals surface area (Å²) in [5, 5.41) is 8.15. The Bertz CT molecular complexity index is 916. The third-order valence-corrected chi connectivity index (χ3v) is 7.27. The van der Waals surface area contributed by atoms with Gasteiger partial charge in [0.25, 0.3) is 11.7 Å². The van der Waals surface area contributed by atoms with Gasteiger partial charge in [-0.3, -0.25) is 14.4 Å². The molecule has 3 rings (SSSR count). The Kier molecular flexibility index (Phi) is 13.2. The van der Waals surface area contributed by atoms with Crippen molar-refractivity contribution in [3.63, 3.8) is 0 Å². The van der Waals surface area contributed by atoms with Gasteiger partial charge in [-0.2, -0.15) is 0 Å². The number of carbonyl (C=O) groups excluding carboxylic acids is 4. The Labute approximate surface area is 231 Å². The largest absolute Gasteiger partial charge is 0.378 e. The number of hydrogen-bond acceptors (Lipinski definition) is 6. The molecule has 1 aliphatic heterocycles. The lowest BCUT2D eigenvalue weighted by atomic mass is 9.84. The highest BCUT2D eigenvalue weighted by molar-refractivity contribution is 6.38. The zero-order chi connectivity index (χ0) is 27.9. The molecule has 4 amide bonds. The summed E-state index contributed by atoms with van der Waals surface area (Å²) < 4.78 is 11.0. The lowest BCUT2D eigenvalue weighted by Gasteiger charge is -2.31. The zero-order valence-electron chi connectivity index (χ0n) is 23.1. The molecular weight excluding hydrogens is 500 g/mol. The van der Waals surface area contributed by atoms with Crippen molar-refractivity contribution in [3.8, 4) is 0 Å². The molecule has 1 heterocycles. The van der Waals surface area contributed by atoms with E-state index in [2.05, 4.69) is 16.0 Å². The monoisotopic (exact) mass is 544 g/mol. The molecule has 2 fully saturated rings. The van der Waals surface area contributed by atoms with Gasteiger partial charge in [0.1, 0.15) is 6.04 Å². The molecule has 0 spiro atoms. The van der Waals surface area contributed by atoms with Crippen LogP contribution >= 0.6 is 0 Å². The van der Waals surface area contributed by atoms with Crippen molar-refractivity contribution in [2.75, 3.05) is 39.5 Å². The zero-order valence-corrected chi connectivity index (χ0v) is 23.1. The van der Waals surface area contributed by atoms with Crippen LogP contribution in [0.15, 0.2) is 30.3 Å². The molecule has 10 heteroatoms. The first-order chi connectivity index (χ1) is 19.0. The number of carbonyl (C=O) groups is 4. The van der Waals surface area contributed by atoms with Crippen molar-refractivity contribution in [3.05, 3.63) is 35.9 Å². The van der Waals surface area contributed by atoms with Crippen LogP contribution in [0.2, 0.25) is 0 Å². The molecule has 1 aromatic rings. The Morgan fingerprint density at radius 3 is 2.44 bits per heavy atom. The molecular formula is C29H44N4O6. The summed E-state index contributed by atoms with van der Waals surface area (Å²) in [6.07, 6.45) is 6.50. The summed E-state index contributed by atoms with van der Waals surface area (Å²) in [6.45, 7) is 4.29. The minimum atomic E-state index is -1.42. The van der Waals surface area contributed by atoms with E-state index in [1.54, 1.807) is 4.90 Å². The maximum absolute atomic E-state index is 13.5. The van der Waals surface area contributed by atoms with Crippen LogP contribution in [-0.2, 0) is 30.3 Å². The smallest absolute Gasteiger partial charge is 0.318 e. The highest BCUT2D eigenvalue weighted by atomic mass is 16.5. The van der Waals surface area contributed by atoms with E-state index in [1.807, 2.05) is 37.3 Å². The molecule has 1 saturated carbocycles. The molecule has 3 N–H and O–H groups in total. The van der Waals surface area contributed by atoms with Gasteiger partial charge in [0, 0.05) is 26.2 Å². The number of unbranched alkanes of at least 4 members (excludes halogenated alkanes) is 1. The highest BCUT2D eigenvalue weighted by Gasteiger charge is 2.33. The highest BCUT2D eigenvalue weighted by Crippen LogP contribution is 2.27. The van der Waals surface area contributed by atoms with Crippen LogP contribution in [0.5, 0.6) is 0 Å². The summed E-state index contributed by atoms with van der Waals surface area (Å²) in [5.41, 5.74) is 1.04. The molecule has 39 heavy (non-hydrogen) atoms. The van der Waals surface area contributed by atoms with Gasteiger partial charge in [0.15, 0.2) is 6.23 Å². The summed E-state index contributed by atoms with van der Waals surface area (Å²) in [4.78, 5) is 53.8. The number of benzene rings is 1. The Morgan fingerprint density at radius 2 is 1.74 bits per heavy atom. The van der Waals surface area contributed by atoms with Crippen molar-refractivity contribution in [1.29, 1.82) is 0 Å². The fourth-order valence-electron chi connectivity index (χ4n) is 4.92. The number of nitrogens with zero attached hydrogens (tertiary/aromatic N) is 1. The number of nitrogens with one attached hydrogen (secondary N) is 3. The normalized spacial score (nSPS) is 17.6. The predicted molar refractivity (Wildman–Crippen MR) is 147 cm³/mol. The van der Waals surface area contributed by atoms with E-state index in [1.165, 1.54) is 6.42 Å². The van der Waals surface area contributed by atoms with Gasteiger partial charge in [-0.25, -0.2) is 4.79 Å². The van der Waals surface area contributed by atoms with E-state index in [0.29, 0.717) is 51.5 Å². The molecule has 1 unspecified atom stereocenters. The summed E-state index contributed by atoms with van der Waals surface area (Å²) >= 11 is 0. The third-order valence-electron chi connectivity index (χ3n) is 7.27. The van der Waals surface area contributed by atoms with Crippen molar-refractivity contribution < 1.29 is 28.7 Å². The van der Waals surface area contributed by atoms with Crippen molar-refractivity contribution in [1.82, 2.24) is 20.9 Å². The number of ether oxygens (including phenoxy) is 2. The second-order valence-electron chi connectivity index (χ2n) is 10.3. The second-order valence-corrected chi connectivity index (χ2v) is 10.3. The summed E-state index contributed by atoms with van der Waals surface area (Å²) in [5.74, 6) is -1.89. The van der Waals surface area contributed by atoms with Crippen LogP contribution < -0.4 is 16.0 Å².